The highest BCUT2D eigenvalue weighted by Gasteiger charge is 2.11. The quantitative estimate of drug-likeness (QED) is 0.696. The van der Waals surface area contributed by atoms with Crippen LogP contribution in [0.3, 0.4) is 0 Å². The Kier molecular flexibility index (Phi) is 7.11. The summed E-state index contributed by atoms with van der Waals surface area (Å²) in [6.45, 7) is 3.44. The lowest BCUT2D eigenvalue weighted by Gasteiger charge is -2.11. The van der Waals surface area contributed by atoms with E-state index in [4.69, 9.17) is 14.2 Å². The van der Waals surface area contributed by atoms with Crippen LogP contribution < -0.4 is 9.47 Å². The van der Waals surface area contributed by atoms with Crippen molar-refractivity contribution in [3.05, 3.63) is 17.7 Å². The zero-order valence-corrected chi connectivity index (χ0v) is 12.1. The van der Waals surface area contributed by atoms with Gasteiger partial charge in [-0.3, -0.25) is 0 Å². The summed E-state index contributed by atoms with van der Waals surface area (Å²) in [6, 6.07) is 3.54. The van der Waals surface area contributed by atoms with Crippen LogP contribution in [0.1, 0.15) is 38.2 Å². The predicted molar refractivity (Wildman–Crippen MR) is 75.0 cm³/mol. The van der Waals surface area contributed by atoms with Crippen molar-refractivity contribution in [2.24, 2.45) is 0 Å². The van der Waals surface area contributed by atoms with Crippen LogP contribution in [0.5, 0.6) is 17.2 Å². The van der Waals surface area contributed by atoms with Crippen LogP contribution in [0, 0.1) is 0 Å². The number of phenolic OH excluding ortho intramolecular Hbond substituents is 1. The minimum absolute atomic E-state index is 0.0247. The number of benzene rings is 1. The Bertz CT molecular complexity index is 351. The maximum absolute atomic E-state index is 9.79. The number of phenols is 1. The van der Waals surface area contributed by atoms with Crippen LogP contribution in [-0.2, 0) is 11.3 Å². The van der Waals surface area contributed by atoms with Crippen molar-refractivity contribution >= 4 is 0 Å². The van der Waals surface area contributed by atoms with Gasteiger partial charge in [0.15, 0.2) is 11.5 Å². The zero-order chi connectivity index (χ0) is 14.1. The molecule has 0 saturated heterocycles. The molecule has 1 N–H and O–H groups in total. The Morgan fingerprint density at radius 3 is 2.16 bits per heavy atom. The van der Waals surface area contributed by atoms with Crippen molar-refractivity contribution < 1.29 is 19.3 Å². The first-order valence-electron chi connectivity index (χ1n) is 6.74. The molecule has 0 aliphatic heterocycles. The molecule has 1 rings (SSSR count). The molecule has 0 amide bonds. The van der Waals surface area contributed by atoms with Gasteiger partial charge in [-0.2, -0.15) is 0 Å². The van der Waals surface area contributed by atoms with E-state index in [1.54, 1.807) is 12.1 Å². The van der Waals surface area contributed by atoms with E-state index in [0.29, 0.717) is 18.1 Å². The topological polar surface area (TPSA) is 47.9 Å². The molecule has 19 heavy (non-hydrogen) atoms. The molecule has 108 valence electrons. The fourth-order valence-electron chi connectivity index (χ4n) is 1.85. The van der Waals surface area contributed by atoms with Crippen LogP contribution in [0.25, 0.3) is 0 Å². The summed E-state index contributed by atoms with van der Waals surface area (Å²) in [5.41, 5.74) is 0.932. The molecule has 1 aromatic carbocycles. The van der Waals surface area contributed by atoms with Gasteiger partial charge in [-0.25, -0.2) is 0 Å². The average molecular weight is 268 g/mol. The van der Waals surface area contributed by atoms with Gasteiger partial charge in [0.1, 0.15) is 0 Å². The molecule has 0 aromatic heterocycles. The maximum atomic E-state index is 9.79. The number of aromatic hydroxyl groups is 1. The summed E-state index contributed by atoms with van der Waals surface area (Å²) in [4.78, 5) is 0. The van der Waals surface area contributed by atoms with E-state index in [1.165, 1.54) is 33.5 Å². The Morgan fingerprint density at radius 1 is 1.00 bits per heavy atom. The first-order chi connectivity index (χ1) is 9.22. The normalized spacial score (nSPS) is 10.5. The van der Waals surface area contributed by atoms with Gasteiger partial charge in [0.25, 0.3) is 0 Å². The molecule has 0 heterocycles. The lowest BCUT2D eigenvalue weighted by atomic mass is 10.2. The fourth-order valence-corrected chi connectivity index (χ4v) is 1.85. The Labute approximate surface area is 115 Å². The van der Waals surface area contributed by atoms with Gasteiger partial charge in [-0.05, 0) is 24.1 Å². The van der Waals surface area contributed by atoms with Crippen LogP contribution in [0.2, 0.25) is 0 Å². The molecule has 0 spiro atoms. The van der Waals surface area contributed by atoms with Crippen LogP contribution in [-0.4, -0.2) is 25.9 Å². The largest absolute Gasteiger partial charge is 0.502 e. The van der Waals surface area contributed by atoms with Crippen molar-refractivity contribution in [3.8, 4) is 17.2 Å². The summed E-state index contributed by atoms with van der Waals surface area (Å²) < 4.78 is 15.8. The zero-order valence-electron chi connectivity index (χ0n) is 12.1. The SMILES string of the molecule is CCCCCCOCc1cc(OC)c(O)c(OC)c1. The second-order valence-electron chi connectivity index (χ2n) is 4.46. The van der Waals surface area contributed by atoms with Crippen molar-refractivity contribution in [2.45, 2.75) is 39.2 Å². The van der Waals surface area contributed by atoms with E-state index in [1.807, 2.05) is 0 Å². The van der Waals surface area contributed by atoms with Crippen molar-refractivity contribution in [3.63, 3.8) is 0 Å². The second kappa shape index (κ2) is 8.64. The van der Waals surface area contributed by atoms with Crippen molar-refractivity contribution in [1.29, 1.82) is 0 Å². The van der Waals surface area contributed by atoms with Gasteiger partial charge >= 0.3 is 0 Å². The molecule has 0 aliphatic carbocycles. The molecular formula is C15H24O4. The number of rotatable bonds is 9. The highest BCUT2D eigenvalue weighted by atomic mass is 16.5. The van der Waals surface area contributed by atoms with Crippen LogP contribution >= 0.6 is 0 Å². The van der Waals surface area contributed by atoms with E-state index in [-0.39, 0.29) is 5.75 Å². The number of unbranched alkanes of at least 4 members (excludes halogenated alkanes) is 3. The molecule has 0 aliphatic rings. The Hall–Kier alpha value is -1.42. The molecule has 4 nitrogen and oxygen atoms in total. The summed E-state index contributed by atoms with van der Waals surface area (Å²) in [5, 5.41) is 9.79. The Morgan fingerprint density at radius 2 is 1.63 bits per heavy atom. The third-order valence-corrected chi connectivity index (χ3v) is 2.95. The van der Waals surface area contributed by atoms with Crippen molar-refractivity contribution in [1.82, 2.24) is 0 Å². The number of hydrogen-bond donors (Lipinski definition) is 1. The van der Waals surface area contributed by atoms with Gasteiger partial charge in [-0.15, -0.1) is 0 Å². The standard InChI is InChI=1S/C15H24O4/c1-4-5-6-7-8-19-11-12-9-13(17-2)15(16)14(10-12)18-3/h9-10,16H,4-8,11H2,1-3H3. The Balaban J connectivity index is 2.49. The summed E-state index contributed by atoms with van der Waals surface area (Å²) in [6.07, 6.45) is 4.77. The first-order valence-corrected chi connectivity index (χ1v) is 6.74. The van der Waals surface area contributed by atoms with Gasteiger partial charge in [0.2, 0.25) is 5.75 Å². The predicted octanol–water partition coefficient (Wildman–Crippen LogP) is 3.51. The van der Waals surface area contributed by atoms with Gasteiger partial charge in [-0.1, -0.05) is 26.2 Å². The third-order valence-electron chi connectivity index (χ3n) is 2.95. The molecule has 0 saturated carbocycles. The third kappa shape index (κ3) is 4.99. The number of ether oxygens (including phenoxy) is 3. The maximum Gasteiger partial charge on any atom is 0.200 e. The van der Waals surface area contributed by atoms with E-state index in [2.05, 4.69) is 6.92 Å². The number of methoxy groups -OCH3 is 2. The minimum Gasteiger partial charge on any atom is -0.502 e. The number of hydrogen-bond acceptors (Lipinski definition) is 4. The second-order valence-corrected chi connectivity index (χ2v) is 4.46. The molecular weight excluding hydrogens is 244 g/mol. The molecule has 4 heteroatoms. The molecule has 1 aromatic rings. The summed E-state index contributed by atoms with van der Waals surface area (Å²) in [7, 11) is 3.04. The van der Waals surface area contributed by atoms with Gasteiger partial charge in [0.05, 0.1) is 20.8 Å². The van der Waals surface area contributed by atoms with E-state index < -0.39 is 0 Å². The monoisotopic (exact) mass is 268 g/mol. The summed E-state index contributed by atoms with van der Waals surface area (Å²) >= 11 is 0. The van der Waals surface area contributed by atoms with E-state index >= 15 is 0 Å². The van der Waals surface area contributed by atoms with Gasteiger partial charge < -0.3 is 19.3 Å². The van der Waals surface area contributed by atoms with Crippen LogP contribution in [0.4, 0.5) is 0 Å². The van der Waals surface area contributed by atoms with Crippen LogP contribution in [0.15, 0.2) is 12.1 Å². The van der Waals surface area contributed by atoms with Gasteiger partial charge in [0, 0.05) is 6.61 Å². The average Bonchev–Trinajstić information content (AvgIpc) is 2.44. The highest BCUT2D eigenvalue weighted by Crippen LogP contribution is 2.37. The molecule has 0 atom stereocenters. The molecule has 0 bridgehead atoms. The van der Waals surface area contributed by atoms with E-state index in [0.717, 1.165) is 18.6 Å². The minimum atomic E-state index is 0.0247. The van der Waals surface area contributed by atoms with E-state index in [9.17, 15) is 5.11 Å². The highest BCUT2D eigenvalue weighted by molar-refractivity contribution is 5.52. The first kappa shape index (κ1) is 15.6. The smallest absolute Gasteiger partial charge is 0.200 e. The van der Waals surface area contributed by atoms with Crippen molar-refractivity contribution in [2.75, 3.05) is 20.8 Å². The summed E-state index contributed by atoms with van der Waals surface area (Å²) in [5.74, 6) is 0.838. The molecule has 0 fully saturated rings. The lowest BCUT2D eigenvalue weighted by Crippen LogP contribution is -1.98. The fraction of sp³-hybridized carbons (Fsp3) is 0.600. The lowest BCUT2D eigenvalue weighted by molar-refractivity contribution is 0.116. The molecule has 0 radical (unpaired) electrons. The molecule has 0 unspecified atom stereocenters.